The van der Waals surface area contributed by atoms with Gasteiger partial charge in [0, 0.05) is 50.7 Å². The lowest BCUT2D eigenvalue weighted by Crippen LogP contribution is -2.11. The Kier molecular flexibility index (Phi) is 6.76. The molecule has 0 heterocycles. The van der Waals surface area contributed by atoms with Gasteiger partial charge in [-0.15, -0.1) is 0 Å². The first-order valence-corrected chi connectivity index (χ1v) is 11.5. The van der Waals surface area contributed by atoms with E-state index in [1.165, 1.54) is 0 Å². The summed E-state index contributed by atoms with van der Waals surface area (Å²) in [5.74, 6) is 0. The number of nitriles is 2. The number of aryl methyl sites for hydroxylation is 4. The second kappa shape index (κ2) is 9.24. The molecule has 0 spiro atoms. The Morgan fingerprint density at radius 1 is 0.500 bits per heavy atom. The SMILES string of the molecule is Cc1cc(N(C)C)cc(C)c1-c1c(C)c(C#N)c(-c2c(C)cc(N(C)C)cc2C)c(C)c1C#N. The van der Waals surface area contributed by atoms with Crippen LogP contribution in [0.25, 0.3) is 22.3 Å². The molecule has 0 amide bonds. The van der Waals surface area contributed by atoms with Crippen molar-refractivity contribution < 1.29 is 0 Å². The van der Waals surface area contributed by atoms with Crippen molar-refractivity contribution in [2.75, 3.05) is 38.0 Å². The highest BCUT2D eigenvalue weighted by Crippen LogP contribution is 2.44. The fourth-order valence-corrected chi connectivity index (χ4v) is 5.09. The van der Waals surface area contributed by atoms with E-state index in [0.29, 0.717) is 11.1 Å². The smallest absolute Gasteiger partial charge is 0.100 e. The molecule has 4 nitrogen and oxygen atoms in total. The molecule has 0 fully saturated rings. The zero-order valence-electron chi connectivity index (χ0n) is 22.1. The molecular formula is C30H34N4. The summed E-state index contributed by atoms with van der Waals surface area (Å²) in [6.07, 6.45) is 0. The van der Waals surface area contributed by atoms with Crippen LogP contribution in [0.2, 0.25) is 0 Å². The van der Waals surface area contributed by atoms with Gasteiger partial charge in [-0.05, 0) is 110 Å². The summed E-state index contributed by atoms with van der Waals surface area (Å²) < 4.78 is 0. The van der Waals surface area contributed by atoms with Crippen molar-refractivity contribution >= 4 is 11.4 Å². The molecule has 0 aromatic heterocycles. The van der Waals surface area contributed by atoms with E-state index in [-0.39, 0.29) is 0 Å². The van der Waals surface area contributed by atoms with Gasteiger partial charge in [0.05, 0.1) is 11.1 Å². The minimum Gasteiger partial charge on any atom is -0.378 e. The van der Waals surface area contributed by atoms with Gasteiger partial charge in [0.1, 0.15) is 12.1 Å². The number of rotatable bonds is 4. The van der Waals surface area contributed by atoms with Crippen molar-refractivity contribution in [2.45, 2.75) is 41.5 Å². The topological polar surface area (TPSA) is 54.1 Å². The van der Waals surface area contributed by atoms with Gasteiger partial charge in [-0.1, -0.05) is 0 Å². The summed E-state index contributed by atoms with van der Waals surface area (Å²) >= 11 is 0. The van der Waals surface area contributed by atoms with E-state index >= 15 is 0 Å². The summed E-state index contributed by atoms with van der Waals surface area (Å²) in [5.41, 5.74) is 13.5. The van der Waals surface area contributed by atoms with Crippen LogP contribution >= 0.6 is 0 Å². The second-order valence-electron chi connectivity index (χ2n) is 9.67. The molecule has 0 aliphatic carbocycles. The lowest BCUT2D eigenvalue weighted by molar-refractivity contribution is 1.12. The number of hydrogen-bond donors (Lipinski definition) is 0. The van der Waals surface area contributed by atoms with Gasteiger partial charge in [0.25, 0.3) is 0 Å². The summed E-state index contributed by atoms with van der Waals surface area (Å²) in [7, 11) is 8.11. The third kappa shape index (κ3) is 4.02. The van der Waals surface area contributed by atoms with E-state index < -0.39 is 0 Å². The highest BCUT2D eigenvalue weighted by atomic mass is 15.1. The lowest BCUT2D eigenvalue weighted by Gasteiger charge is -2.24. The maximum absolute atomic E-state index is 10.4. The molecule has 3 rings (SSSR count). The zero-order chi connectivity index (χ0) is 25.5. The lowest BCUT2D eigenvalue weighted by atomic mass is 9.79. The predicted molar refractivity (Wildman–Crippen MR) is 144 cm³/mol. The molecule has 0 atom stereocenters. The van der Waals surface area contributed by atoms with Gasteiger partial charge in [0.15, 0.2) is 0 Å². The standard InChI is InChI=1S/C30H34N4/c1-17-11-23(33(7)8)12-18(2)27(17)29-21(5)26(16-32)30(22(6)25(29)15-31)28-19(3)13-24(34(9)10)14-20(28)4/h11-14H,1-10H3. The second-order valence-corrected chi connectivity index (χ2v) is 9.67. The number of nitrogens with zero attached hydrogens (tertiary/aromatic N) is 4. The van der Waals surface area contributed by atoms with Crippen LogP contribution < -0.4 is 9.80 Å². The molecule has 0 unspecified atom stereocenters. The summed E-state index contributed by atoms with van der Waals surface area (Å²) in [5, 5.41) is 20.7. The van der Waals surface area contributed by atoms with Crippen molar-refractivity contribution in [1.29, 1.82) is 10.5 Å². The molecular weight excluding hydrogens is 416 g/mol. The highest BCUT2D eigenvalue weighted by Gasteiger charge is 2.25. The fourth-order valence-electron chi connectivity index (χ4n) is 5.09. The van der Waals surface area contributed by atoms with Crippen molar-refractivity contribution in [3.05, 3.63) is 68.8 Å². The molecule has 3 aromatic carbocycles. The molecule has 34 heavy (non-hydrogen) atoms. The Balaban J connectivity index is 2.46. The van der Waals surface area contributed by atoms with Crippen molar-refractivity contribution in [1.82, 2.24) is 0 Å². The van der Waals surface area contributed by atoms with Gasteiger partial charge in [-0.2, -0.15) is 10.5 Å². The van der Waals surface area contributed by atoms with Crippen molar-refractivity contribution in [2.24, 2.45) is 0 Å². The van der Waals surface area contributed by atoms with Crippen LogP contribution in [-0.4, -0.2) is 28.2 Å². The summed E-state index contributed by atoms with van der Waals surface area (Å²) in [6.45, 7) is 12.3. The van der Waals surface area contributed by atoms with Gasteiger partial charge in [-0.25, -0.2) is 0 Å². The van der Waals surface area contributed by atoms with Crippen LogP contribution in [0.3, 0.4) is 0 Å². The van der Waals surface area contributed by atoms with E-state index in [2.05, 4.69) is 73.9 Å². The molecule has 174 valence electrons. The molecule has 3 aromatic rings. The van der Waals surface area contributed by atoms with Gasteiger partial charge in [0.2, 0.25) is 0 Å². The van der Waals surface area contributed by atoms with Crippen molar-refractivity contribution in [3.63, 3.8) is 0 Å². The van der Waals surface area contributed by atoms with Gasteiger partial charge >= 0.3 is 0 Å². The Hall–Kier alpha value is -3.76. The van der Waals surface area contributed by atoms with E-state index in [9.17, 15) is 10.5 Å². The average Bonchev–Trinajstić information content (AvgIpc) is 2.75. The van der Waals surface area contributed by atoms with Crippen LogP contribution in [-0.2, 0) is 0 Å². The Labute approximate surface area is 204 Å². The molecule has 0 N–H and O–H groups in total. The third-order valence-electron chi connectivity index (χ3n) is 6.79. The van der Waals surface area contributed by atoms with Crippen LogP contribution in [0, 0.1) is 64.2 Å². The predicted octanol–water partition coefficient (Wildman–Crippen LogP) is 6.75. The monoisotopic (exact) mass is 450 g/mol. The minimum absolute atomic E-state index is 0.644. The first-order valence-electron chi connectivity index (χ1n) is 11.5. The van der Waals surface area contributed by atoms with E-state index in [4.69, 9.17) is 0 Å². The molecule has 4 heteroatoms. The number of benzene rings is 3. The van der Waals surface area contributed by atoms with Gasteiger partial charge in [-0.3, -0.25) is 0 Å². The Bertz CT molecular complexity index is 1230. The largest absolute Gasteiger partial charge is 0.378 e. The normalized spacial score (nSPS) is 10.6. The first kappa shape index (κ1) is 24.9. The number of anilines is 2. The molecule has 0 aliphatic rings. The van der Waals surface area contributed by atoms with Crippen LogP contribution in [0.1, 0.15) is 44.5 Å². The first-order chi connectivity index (χ1) is 15.9. The summed E-state index contributed by atoms with van der Waals surface area (Å²) in [6, 6.07) is 13.6. The molecule has 0 aliphatic heterocycles. The molecule has 0 saturated heterocycles. The van der Waals surface area contributed by atoms with E-state index in [1.54, 1.807) is 0 Å². The molecule has 0 bridgehead atoms. The number of hydrogen-bond acceptors (Lipinski definition) is 4. The van der Waals surface area contributed by atoms with Crippen molar-refractivity contribution in [3.8, 4) is 34.4 Å². The molecule has 0 saturated carbocycles. The van der Waals surface area contributed by atoms with Crippen LogP contribution in [0.15, 0.2) is 24.3 Å². The third-order valence-corrected chi connectivity index (χ3v) is 6.79. The van der Waals surface area contributed by atoms with Crippen LogP contribution in [0.4, 0.5) is 11.4 Å². The Morgan fingerprint density at radius 3 is 0.971 bits per heavy atom. The van der Waals surface area contributed by atoms with Gasteiger partial charge < -0.3 is 9.80 Å². The molecule has 0 radical (unpaired) electrons. The minimum atomic E-state index is 0.644. The fraction of sp³-hybridized carbons (Fsp3) is 0.333. The summed E-state index contributed by atoms with van der Waals surface area (Å²) in [4.78, 5) is 4.17. The van der Waals surface area contributed by atoms with E-state index in [0.717, 1.165) is 67.0 Å². The van der Waals surface area contributed by atoms with Crippen LogP contribution in [0.5, 0.6) is 0 Å². The Morgan fingerprint density at radius 2 is 0.765 bits per heavy atom. The highest BCUT2D eigenvalue weighted by molar-refractivity contribution is 5.91. The maximum Gasteiger partial charge on any atom is 0.100 e. The quantitative estimate of drug-likeness (QED) is 0.441. The maximum atomic E-state index is 10.4. The van der Waals surface area contributed by atoms with E-state index in [1.807, 2.05) is 42.0 Å². The zero-order valence-corrected chi connectivity index (χ0v) is 22.1. The average molecular weight is 451 g/mol.